The molecule has 112 valence electrons. The molecule has 2 rings (SSSR count). The first kappa shape index (κ1) is 15.1. The number of nitrogen functional groups attached to an aromatic ring is 1. The van der Waals surface area contributed by atoms with Gasteiger partial charge in [0.2, 0.25) is 0 Å². The Balaban J connectivity index is 1.92. The summed E-state index contributed by atoms with van der Waals surface area (Å²) in [5.74, 6) is -0.0699. The molecule has 0 spiro atoms. The molecule has 1 aromatic carbocycles. The second-order valence-corrected chi connectivity index (χ2v) is 4.94. The minimum Gasteiger partial charge on any atom is -0.399 e. The molecular formula is C16H22N4O. The quantitative estimate of drug-likeness (QED) is 0.798. The fourth-order valence-corrected chi connectivity index (χ4v) is 2.16. The molecule has 0 bridgehead atoms. The Kier molecular flexibility index (Phi) is 4.98. The maximum atomic E-state index is 12.2. The van der Waals surface area contributed by atoms with E-state index < -0.39 is 0 Å². The maximum Gasteiger partial charge on any atom is 0.269 e. The van der Waals surface area contributed by atoms with Gasteiger partial charge in [-0.15, -0.1) is 0 Å². The lowest BCUT2D eigenvalue weighted by molar-refractivity contribution is 0.0943. The molecule has 0 unspecified atom stereocenters. The van der Waals surface area contributed by atoms with E-state index in [0.29, 0.717) is 18.8 Å². The van der Waals surface area contributed by atoms with Crippen LogP contribution >= 0.6 is 0 Å². The van der Waals surface area contributed by atoms with Crippen LogP contribution in [0.1, 0.15) is 35.6 Å². The molecule has 1 aromatic heterocycles. The third kappa shape index (κ3) is 3.84. The fraction of sp³-hybridized carbons (Fsp3) is 0.375. The minimum atomic E-state index is -0.0699. The Morgan fingerprint density at radius 1 is 1.29 bits per heavy atom. The minimum absolute atomic E-state index is 0.0699. The van der Waals surface area contributed by atoms with E-state index in [1.807, 2.05) is 44.2 Å². The van der Waals surface area contributed by atoms with Gasteiger partial charge in [-0.2, -0.15) is 5.10 Å². The van der Waals surface area contributed by atoms with Crippen molar-refractivity contribution in [3.8, 4) is 0 Å². The standard InChI is InChI=1S/C16H22N4O/c1-3-14-11-15(20(4-2)19-14)16(21)18-10-9-12-5-7-13(17)8-6-12/h5-8,11H,3-4,9-10,17H2,1-2H3,(H,18,21). The van der Waals surface area contributed by atoms with E-state index in [-0.39, 0.29) is 5.91 Å². The third-order valence-corrected chi connectivity index (χ3v) is 3.40. The Labute approximate surface area is 125 Å². The number of aryl methyl sites for hydroxylation is 2. The molecule has 0 atom stereocenters. The van der Waals surface area contributed by atoms with Gasteiger partial charge in [0.25, 0.3) is 5.91 Å². The van der Waals surface area contributed by atoms with Gasteiger partial charge in [-0.3, -0.25) is 9.48 Å². The molecular weight excluding hydrogens is 264 g/mol. The second kappa shape index (κ2) is 6.92. The van der Waals surface area contributed by atoms with Crippen molar-refractivity contribution in [2.24, 2.45) is 0 Å². The molecule has 1 heterocycles. The summed E-state index contributed by atoms with van der Waals surface area (Å²) < 4.78 is 1.75. The number of nitrogens with one attached hydrogen (secondary N) is 1. The average molecular weight is 286 g/mol. The molecule has 0 fully saturated rings. The van der Waals surface area contributed by atoms with Gasteiger partial charge in [-0.25, -0.2) is 0 Å². The number of carbonyl (C=O) groups is 1. The zero-order valence-electron chi connectivity index (χ0n) is 12.6. The van der Waals surface area contributed by atoms with E-state index in [9.17, 15) is 4.79 Å². The van der Waals surface area contributed by atoms with Gasteiger partial charge in [0, 0.05) is 18.8 Å². The van der Waals surface area contributed by atoms with Crippen LogP contribution in [0.2, 0.25) is 0 Å². The second-order valence-electron chi connectivity index (χ2n) is 4.94. The van der Waals surface area contributed by atoms with E-state index in [1.165, 1.54) is 0 Å². The summed E-state index contributed by atoms with van der Waals surface area (Å²) in [5, 5.41) is 7.33. The van der Waals surface area contributed by atoms with Crippen LogP contribution < -0.4 is 11.1 Å². The molecule has 0 aliphatic carbocycles. The monoisotopic (exact) mass is 286 g/mol. The molecule has 0 aliphatic heterocycles. The van der Waals surface area contributed by atoms with Gasteiger partial charge in [0.05, 0.1) is 5.69 Å². The van der Waals surface area contributed by atoms with Crippen molar-refractivity contribution in [3.63, 3.8) is 0 Å². The van der Waals surface area contributed by atoms with Crippen molar-refractivity contribution in [2.45, 2.75) is 33.2 Å². The molecule has 5 heteroatoms. The maximum absolute atomic E-state index is 12.2. The molecule has 21 heavy (non-hydrogen) atoms. The highest BCUT2D eigenvalue weighted by Crippen LogP contribution is 2.07. The number of carbonyl (C=O) groups excluding carboxylic acids is 1. The number of hydrogen-bond donors (Lipinski definition) is 2. The largest absolute Gasteiger partial charge is 0.399 e. The van der Waals surface area contributed by atoms with Gasteiger partial charge < -0.3 is 11.1 Å². The summed E-state index contributed by atoms with van der Waals surface area (Å²) >= 11 is 0. The highest BCUT2D eigenvalue weighted by molar-refractivity contribution is 5.92. The summed E-state index contributed by atoms with van der Waals surface area (Å²) in [6.07, 6.45) is 1.62. The molecule has 0 aliphatic rings. The van der Waals surface area contributed by atoms with Crippen LogP contribution in [0.4, 0.5) is 5.69 Å². The van der Waals surface area contributed by atoms with Crippen molar-refractivity contribution >= 4 is 11.6 Å². The zero-order valence-corrected chi connectivity index (χ0v) is 12.6. The molecule has 3 N–H and O–H groups in total. The summed E-state index contributed by atoms with van der Waals surface area (Å²) in [4.78, 5) is 12.2. The zero-order chi connectivity index (χ0) is 15.2. The number of nitrogens with zero attached hydrogens (tertiary/aromatic N) is 2. The normalized spacial score (nSPS) is 10.6. The number of anilines is 1. The Bertz CT molecular complexity index is 601. The third-order valence-electron chi connectivity index (χ3n) is 3.40. The van der Waals surface area contributed by atoms with E-state index in [2.05, 4.69) is 10.4 Å². The predicted molar refractivity (Wildman–Crippen MR) is 84.2 cm³/mol. The first-order valence-electron chi connectivity index (χ1n) is 7.33. The molecule has 5 nitrogen and oxygen atoms in total. The molecule has 0 radical (unpaired) electrons. The van der Waals surface area contributed by atoms with Gasteiger partial charge in [-0.1, -0.05) is 19.1 Å². The lowest BCUT2D eigenvalue weighted by atomic mass is 10.1. The van der Waals surface area contributed by atoms with Crippen molar-refractivity contribution in [1.29, 1.82) is 0 Å². The lowest BCUT2D eigenvalue weighted by Gasteiger charge is -2.07. The smallest absolute Gasteiger partial charge is 0.269 e. The number of amides is 1. The van der Waals surface area contributed by atoms with Crippen LogP contribution in [0.25, 0.3) is 0 Å². The van der Waals surface area contributed by atoms with Gasteiger partial charge in [-0.05, 0) is 43.5 Å². The molecule has 1 amide bonds. The Morgan fingerprint density at radius 2 is 2.00 bits per heavy atom. The van der Waals surface area contributed by atoms with Crippen LogP contribution in [-0.2, 0) is 19.4 Å². The van der Waals surface area contributed by atoms with Gasteiger partial charge in [0.15, 0.2) is 0 Å². The summed E-state index contributed by atoms with van der Waals surface area (Å²) in [5.41, 5.74) is 9.13. The first-order chi connectivity index (χ1) is 10.1. The topological polar surface area (TPSA) is 72.9 Å². The van der Waals surface area contributed by atoms with E-state index in [4.69, 9.17) is 5.73 Å². The number of hydrogen-bond acceptors (Lipinski definition) is 3. The van der Waals surface area contributed by atoms with E-state index in [1.54, 1.807) is 4.68 Å². The average Bonchev–Trinajstić information content (AvgIpc) is 2.92. The van der Waals surface area contributed by atoms with Crippen LogP contribution in [0.5, 0.6) is 0 Å². The van der Waals surface area contributed by atoms with Crippen LogP contribution in [-0.4, -0.2) is 22.2 Å². The predicted octanol–water partition coefficient (Wildman–Crippen LogP) is 2.02. The first-order valence-corrected chi connectivity index (χ1v) is 7.33. The van der Waals surface area contributed by atoms with Gasteiger partial charge >= 0.3 is 0 Å². The fourth-order valence-electron chi connectivity index (χ4n) is 2.16. The Hall–Kier alpha value is -2.30. The number of rotatable bonds is 6. The van der Waals surface area contributed by atoms with Crippen molar-refractivity contribution in [2.75, 3.05) is 12.3 Å². The summed E-state index contributed by atoms with van der Waals surface area (Å²) in [6.45, 7) is 5.31. The van der Waals surface area contributed by atoms with Crippen molar-refractivity contribution in [1.82, 2.24) is 15.1 Å². The molecule has 0 saturated heterocycles. The summed E-state index contributed by atoms with van der Waals surface area (Å²) in [7, 11) is 0. The van der Waals surface area contributed by atoms with Crippen LogP contribution in [0.15, 0.2) is 30.3 Å². The number of aromatic nitrogens is 2. The van der Waals surface area contributed by atoms with E-state index in [0.717, 1.165) is 29.8 Å². The SMILES string of the molecule is CCc1cc(C(=O)NCCc2ccc(N)cc2)n(CC)n1. The number of benzene rings is 1. The molecule has 2 aromatic rings. The van der Waals surface area contributed by atoms with E-state index >= 15 is 0 Å². The highest BCUT2D eigenvalue weighted by atomic mass is 16.2. The van der Waals surface area contributed by atoms with Crippen LogP contribution in [0, 0.1) is 0 Å². The number of nitrogens with two attached hydrogens (primary N) is 1. The van der Waals surface area contributed by atoms with Crippen molar-refractivity contribution < 1.29 is 4.79 Å². The Morgan fingerprint density at radius 3 is 2.62 bits per heavy atom. The van der Waals surface area contributed by atoms with Crippen LogP contribution in [0.3, 0.4) is 0 Å². The molecule has 0 saturated carbocycles. The lowest BCUT2D eigenvalue weighted by Crippen LogP contribution is -2.28. The highest BCUT2D eigenvalue weighted by Gasteiger charge is 2.13. The van der Waals surface area contributed by atoms with Gasteiger partial charge in [0.1, 0.15) is 5.69 Å². The summed E-state index contributed by atoms with van der Waals surface area (Å²) in [6, 6.07) is 9.57. The van der Waals surface area contributed by atoms with Crippen molar-refractivity contribution in [3.05, 3.63) is 47.3 Å².